The molecule has 1 unspecified atom stereocenters. The maximum absolute atomic E-state index is 5.37. The second-order valence-corrected chi connectivity index (χ2v) is 3.42. The van der Waals surface area contributed by atoms with Gasteiger partial charge in [-0.1, -0.05) is 0 Å². The summed E-state index contributed by atoms with van der Waals surface area (Å²) in [6.07, 6.45) is 3.56. The predicted molar refractivity (Wildman–Crippen MR) is 53.0 cm³/mol. The van der Waals surface area contributed by atoms with Gasteiger partial charge in [0.1, 0.15) is 0 Å². The number of hydrogen-bond donors (Lipinski definition) is 1. The topological polar surface area (TPSA) is 30.5 Å². The molecule has 0 bridgehead atoms. The maximum Gasteiger partial charge on any atom is 0.0619 e. The van der Waals surface area contributed by atoms with E-state index >= 15 is 0 Å². The van der Waals surface area contributed by atoms with E-state index in [9.17, 15) is 0 Å². The summed E-state index contributed by atoms with van der Waals surface area (Å²) in [5, 5.41) is 3.48. The first kappa shape index (κ1) is 11.0. The molecule has 1 aliphatic rings. The molecule has 1 rings (SSSR count). The van der Waals surface area contributed by atoms with Crippen LogP contribution in [0.25, 0.3) is 0 Å². The van der Waals surface area contributed by atoms with Crippen molar-refractivity contribution >= 4 is 0 Å². The van der Waals surface area contributed by atoms with Crippen molar-refractivity contribution < 1.29 is 9.47 Å². The van der Waals surface area contributed by atoms with Gasteiger partial charge in [0.05, 0.1) is 6.61 Å². The molecule has 1 heterocycles. The molecule has 1 aliphatic heterocycles. The first-order valence-corrected chi connectivity index (χ1v) is 5.32. The third kappa shape index (κ3) is 5.24. The molecule has 1 N–H and O–H groups in total. The van der Waals surface area contributed by atoms with Crippen molar-refractivity contribution in [3.05, 3.63) is 0 Å². The van der Waals surface area contributed by atoms with Crippen LogP contribution in [0.3, 0.4) is 0 Å². The summed E-state index contributed by atoms with van der Waals surface area (Å²) in [6, 6.07) is 0.579. The SMILES string of the molecule is CCOCCCNC1CCCOC1. The van der Waals surface area contributed by atoms with Crippen molar-refractivity contribution in [1.82, 2.24) is 5.32 Å². The molecule has 0 radical (unpaired) electrons. The molecule has 3 nitrogen and oxygen atoms in total. The molecular weight excluding hydrogens is 166 g/mol. The summed E-state index contributed by atoms with van der Waals surface area (Å²) in [6.45, 7) is 6.60. The van der Waals surface area contributed by atoms with Crippen LogP contribution in [-0.2, 0) is 9.47 Å². The summed E-state index contributed by atoms with van der Waals surface area (Å²) >= 11 is 0. The second kappa shape index (κ2) is 7.30. The molecule has 0 aromatic rings. The van der Waals surface area contributed by atoms with Gasteiger partial charge in [-0.2, -0.15) is 0 Å². The van der Waals surface area contributed by atoms with E-state index in [4.69, 9.17) is 9.47 Å². The van der Waals surface area contributed by atoms with E-state index < -0.39 is 0 Å². The molecule has 3 heteroatoms. The Morgan fingerprint density at radius 3 is 3.15 bits per heavy atom. The number of nitrogens with one attached hydrogen (secondary N) is 1. The highest BCUT2D eigenvalue weighted by atomic mass is 16.5. The number of rotatable bonds is 6. The minimum Gasteiger partial charge on any atom is -0.382 e. The molecular formula is C10H21NO2. The minimum absolute atomic E-state index is 0.579. The Hall–Kier alpha value is -0.120. The number of ether oxygens (including phenoxy) is 2. The lowest BCUT2D eigenvalue weighted by Crippen LogP contribution is -2.37. The van der Waals surface area contributed by atoms with Gasteiger partial charge in [0.15, 0.2) is 0 Å². The van der Waals surface area contributed by atoms with Crippen LogP contribution in [0.15, 0.2) is 0 Å². The Morgan fingerprint density at radius 2 is 2.46 bits per heavy atom. The van der Waals surface area contributed by atoms with Crippen molar-refractivity contribution in [1.29, 1.82) is 0 Å². The average Bonchev–Trinajstić information content (AvgIpc) is 2.19. The smallest absolute Gasteiger partial charge is 0.0619 e. The lowest BCUT2D eigenvalue weighted by atomic mass is 10.1. The largest absolute Gasteiger partial charge is 0.382 e. The quantitative estimate of drug-likeness (QED) is 0.633. The standard InChI is InChI=1S/C10H21NO2/c1-2-12-8-4-6-11-10-5-3-7-13-9-10/h10-11H,2-9H2,1H3. The van der Waals surface area contributed by atoms with Crippen LogP contribution in [-0.4, -0.2) is 39.0 Å². The van der Waals surface area contributed by atoms with Gasteiger partial charge < -0.3 is 14.8 Å². The van der Waals surface area contributed by atoms with Crippen LogP contribution in [0.5, 0.6) is 0 Å². The lowest BCUT2D eigenvalue weighted by molar-refractivity contribution is 0.0689. The molecule has 0 saturated carbocycles. The third-order valence-corrected chi connectivity index (χ3v) is 2.26. The van der Waals surface area contributed by atoms with Crippen molar-refractivity contribution in [3.63, 3.8) is 0 Å². The van der Waals surface area contributed by atoms with Crippen LogP contribution in [0, 0.1) is 0 Å². The Kier molecular flexibility index (Phi) is 6.15. The van der Waals surface area contributed by atoms with Crippen LogP contribution >= 0.6 is 0 Å². The summed E-state index contributed by atoms with van der Waals surface area (Å²) in [4.78, 5) is 0. The fraction of sp³-hybridized carbons (Fsp3) is 1.00. The molecule has 0 spiro atoms. The minimum atomic E-state index is 0.579. The van der Waals surface area contributed by atoms with Crippen LogP contribution < -0.4 is 5.32 Å². The van der Waals surface area contributed by atoms with Gasteiger partial charge >= 0.3 is 0 Å². The highest BCUT2D eigenvalue weighted by molar-refractivity contribution is 4.69. The van der Waals surface area contributed by atoms with Crippen molar-refractivity contribution in [3.8, 4) is 0 Å². The first-order chi connectivity index (χ1) is 6.43. The van der Waals surface area contributed by atoms with Crippen molar-refractivity contribution in [2.24, 2.45) is 0 Å². The predicted octanol–water partition coefficient (Wildman–Crippen LogP) is 1.18. The Labute approximate surface area is 80.8 Å². The molecule has 1 atom stereocenters. The highest BCUT2D eigenvalue weighted by Gasteiger charge is 2.11. The number of hydrogen-bond acceptors (Lipinski definition) is 3. The summed E-state index contributed by atoms with van der Waals surface area (Å²) in [7, 11) is 0. The molecule has 0 aliphatic carbocycles. The zero-order chi connectivity index (χ0) is 9.36. The fourth-order valence-electron chi connectivity index (χ4n) is 1.53. The van der Waals surface area contributed by atoms with E-state index in [1.54, 1.807) is 0 Å². The van der Waals surface area contributed by atoms with E-state index in [-0.39, 0.29) is 0 Å². The van der Waals surface area contributed by atoms with E-state index in [0.29, 0.717) is 6.04 Å². The summed E-state index contributed by atoms with van der Waals surface area (Å²) < 4.78 is 10.6. The van der Waals surface area contributed by atoms with Gasteiger partial charge in [0, 0.05) is 25.9 Å². The lowest BCUT2D eigenvalue weighted by Gasteiger charge is -2.23. The molecule has 13 heavy (non-hydrogen) atoms. The molecule has 1 fully saturated rings. The van der Waals surface area contributed by atoms with Gasteiger partial charge in [0.25, 0.3) is 0 Å². The van der Waals surface area contributed by atoms with E-state index in [1.807, 2.05) is 6.92 Å². The monoisotopic (exact) mass is 187 g/mol. The molecule has 78 valence electrons. The Balaban J connectivity index is 1.86. The van der Waals surface area contributed by atoms with Gasteiger partial charge in [-0.25, -0.2) is 0 Å². The highest BCUT2D eigenvalue weighted by Crippen LogP contribution is 2.05. The van der Waals surface area contributed by atoms with E-state index in [0.717, 1.165) is 39.4 Å². The average molecular weight is 187 g/mol. The van der Waals surface area contributed by atoms with Gasteiger partial charge in [-0.15, -0.1) is 0 Å². The maximum atomic E-state index is 5.37. The van der Waals surface area contributed by atoms with E-state index in [2.05, 4.69) is 5.32 Å². The second-order valence-electron chi connectivity index (χ2n) is 3.42. The van der Waals surface area contributed by atoms with Gasteiger partial charge in [-0.3, -0.25) is 0 Å². The van der Waals surface area contributed by atoms with Crippen molar-refractivity contribution in [2.45, 2.75) is 32.2 Å². The summed E-state index contributed by atoms with van der Waals surface area (Å²) in [5.41, 5.74) is 0. The fourth-order valence-corrected chi connectivity index (χ4v) is 1.53. The Morgan fingerprint density at radius 1 is 1.54 bits per heavy atom. The van der Waals surface area contributed by atoms with Gasteiger partial charge in [-0.05, 0) is 32.7 Å². The Bertz CT molecular complexity index is 113. The van der Waals surface area contributed by atoms with Crippen molar-refractivity contribution in [2.75, 3.05) is 33.0 Å². The van der Waals surface area contributed by atoms with Crippen LogP contribution in [0.1, 0.15) is 26.2 Å². The van der Waals surface area contributed by atoms with Gasteiger partial charge in [0.2, 0.25) is 0 Å². The van der Waals surface area contributed by atoms with Crippen LogP contribution in [0.4, 0.5) is 0 Å². The molecule has 0 amide bonds. The molecule has 0 aromatic heterocycles. The summed E-state index contributed by atoms with van der Waals surface area (Å²) in [5.74, 6) is 0. The molecule has 1 saturated heterocycles. The molecule has 0 aromatic carbocycles. The van der Waals surface area contributed by atoms with Crippen LogP contribution in [0.2, 0.25) is 0 Å². The van der Waals surface area contributed by atoms with E-state index in [1.165, 1.54) is 12.8 Å². The first-order valence-electron chi connectivity index (χ1n) is 5.32. The zero-order valence-corrected chi connectivity index (χ0v) is 8.55. The normalized spacial score (nSPS) is 23.3. The third-order valence-electron chi connectivity index (χ3n) is 2.26. The zero-order valence-electron chi connectivity index (χ0n) is 8.55.